The summed E-state index contributed by atoms with van der Waals surface area (Å²) in [5, 5.41) is 0. The smallest absolute Gasteiger partial charge is 1.00 e. The van der Waals surface area contributed by atoms with Gasteiger partial charge in [0.15, 0.2) is 0 Å². The summed E-state index contributed by atoms with van der Waals surface area (Å²) in [6, 6.07) is 5.78. The largest absolute Gasteiger partial charge is 2.00 e. The van der Waals surface area contributed by atoms with Crippen LogP contribution in [0.3, 0.4) is 0 Å². The molecule has 0 N–H and O–H groups in total. The average molecular weight is 254 g/mol. The van der Waals surface area contributed by atoms with Gasteiger partial charge in [-0.2, -0.15) is 0 Å². The Labute approximate surface area is 128 Å². The molecule has 0 unspecified atom stereocenters. The maximum absolute atomic E-state index is 10.4. The predicted octanol–water partition coefficient (Wildman–Crippen LogP) is -5.47. The topological polar surface area (TPSA) is 57.2 Å². The summed E-state index contributed by atoms with van der Waals surface area (Å²) in [7, 11) is -4.27. The number of rotatable bonds is 1. The van der Waals surface area contributed by atoms with Crippen molar-refractivity contribution in [1.29, 1.82) is 0 Å². The van der Waals surface area contributed by atoms with Crippen molar-refractivity contribution in [1.82, 2.24) is 0 Å². The second-order valence-corrected chi connectivity index (χ2v) is 3.65. The van der Waals surface area contributed by atoms with E-state index in [-0.39, 0.29) is 69.9 Å². The Morgan fingerprint density at radius 2 is 1.50 bits per heavy atom. The maximum Gasteiger partial charge on any atom is 2.00 e. The molecular formula is C7H7ClMgNaO3S+. The van der Waals surface area contributed by atoms with Crippen LogP contribution >= 0.6 is 0 Å². The molecule has 0 saturated heterocycles. The van der Waals surface area contributed by atoms with Crippen molar-refractivity contribution >= 4 is 33.2 Å². The SMILES string of the molecule is Cc1ccc(S(=O)(=O)[O-])cc1.[Cl-].[Mg+2].[Na+]. The molecule has 1 aromatic carbocycles. The molecule has 0 heterocycles. The van der Waals surface area contributed by atoms with Crippen LogP contribution in [-0.2, 0) is 10.1 Å². The fraction of sp³-hybridized carbons (Fsp3) is 0.143. The van der Waals surface area contributed by atoms with Crippen molar-refractivity contribution in [2.45, 2.75) is 11.8 Å². The van der Waals surface area contributed by atoms with Gasteiger partial charge in [-0.1, -0.05) is 17.7 Å². The minimum atomic E-state index is -4.27. The second-order valence-electron chi connectivity index (χ2n) is 2.27. The Morgan fingerprint density at radius 1 is 1.14 bits per heavy atom. The summed E-state index contributed by atoms with van der Waals surface area (Å²) in [5.74, 6) is 0. The van der Waals surface area contributed by atoms with Crippen LogP contribution in [0.2, 0.25) is 0 Å². The Kier molecular flexibility index (Phi) is 12.3. The molecule has 0 bridgehead atoms. The van der Waals surface area contributed by atoms with Crippen LogP contribution in [0.4, 0.5) is 0 Å². The first-order valence-corrected chi connectivity index (χ1v) is 4.43. The first-order chi connectivity index (χ1) is 5.00. The van der Waals surface area contributed by atoms with Gasteiger partial charge in [0, 0.05) is 0 Å². The van der Waals surface area contributed by atoms with Crippen molar-refractivity contribution in [2.24, 2.45) is 0 Å². The summed E-state index contributed by atoms with van der Waals surface area (Å²) in [4.78, 5) is -0.178. The van der Waals surface area contributed by atoms with E-state index in [0.29, 0.717) is 0 Å². The molecule has 7 heteroatoms. The molecule has 14 heavy (non-hydrogen) atoms. The fourth-order valence-corrected chi connectivity index (χ4v) is 1.17. The first kappa shape index (κ1) is 20.6. The van der Waals surface area contributed by atoms with E-state index in [1.807, 2.05) is 6.92 Å². The van der Waals surface area contributed by atoms with Crippen LogP contribution in [0.5, 0.6) is 0 Å². The zero-order valence-electron chi connectivity index (χ0n) is 8.03. The molecule has 0 atom stereocenters. The Balaban J connectivity index is -0.000000403. The molecule has 3 nitrogen and oxygen atoms in total. The molecular weight excluding hydrogens is 247 g/mol. The van der Waals surface area contributed by atoms with Gasteiger partial charge in [-0.25, -0.2) is 8.42 Å². The van der Waals surface area contributed by atoms with E-state index in [1.54, 1.807) is 12.1 Å². The van der Waals surface area contributed by atoms with Crippen molar-refractivity contribution in [2.75, 3.05) is 0 Å². The molecule has 0 radical (unpaired) electrons. The van der Waals surface area contributed by atoms with E-state index in [0.717, 1.165) is 5.56 Å². The molecule has 1 rings (SSSR count). The van der Waals surface area contributed by atoms with Gasteiger partial charge < -0.3 is 17.0 Å². The van der Waals surface area contributed by atoms with E-state index in [1.165, 1.54) is 12.1 Å². The zero-order valence-corrected chi connectivity index (χ0v) is 13.0. The molecule has 68 valence electrons. The zero-order chi connectivity index (χ0) is 8.48. The Bertz CT molecular complexity index is 352. The van der Waals surface area contributed by atoms with E-state index < -0.39 is 10.1 Å². The molecule has 0 fully saturated rings. The molecule has 0 amide bonds. The van der Waals surface area contributed by atoms with Crippen LogP contribution in [0.25, 0.3) is 0 Å². The minimum Gasteiger partial charge on any atom is -1.00 e. The van der Waals surface area contributed by atoms with Crippen LogP contribution in [0.15, 0.2) is 29.2 Å². The average Bonchev–Trinajstić information content (AvgIpc) is 1.86. The predicted molar refractivity (Wildman–Crippen MR) is 44.9 cm³/mol. The normalized spacial score (nSPS) is 9.00. The Morgan fingerprint density at radius 3 is 1.79 bits per heavy atom. The number of halogens is 1. The monoisotopic (exact) mass is 253 g/mol. The number of aryl methyl sites for hydroxylation is 1. The number of benzene rings is 1. The quantitative estimate of drug-likeness (QED) is 0.371. The molecule has 0 aliphatic heterocycles. The second kappa shape index (κ2) is 8.35. The summed E-state index contributed by atoms with van der Waals surface area (Å²) < 4.78 is 31.2. The van der Waals surface area contributed by atoms with Crippen LogP contribution in [0, 0.1) is 6.92 Å². The molecule has 0 saturated carbocycles. The molecule has 0 aromatic heterocycles. The first-order valence-electron chi connectivity index (χ1n) is 3.03. The van der Waals surface area contributed by atoms with Gasteiger partial charge >= 0.3 is 52.6 Å². The Hall–Kier alpha value is 1.19. The van der Waals surface area contributed by atoms with Crippen molar-refractivity contribution in [3.05, 3.63) is 29.8 Å². The van der Waals surface area contributed by atoms with E-state index in [2.05, 4.69) is 0 Å². The molecule has 1 aromatic rings. The molecule has 0 spiro atoms. The molecule has 0 aliphatic rings. The third-order valence-corrected chi connectivity index (χ3v) is 2.16. The van der Waals surface area contributed by atoms with Crippen LogP contribution in [0.1, 0.15) is 5.56 Å². The van der Waals surface area contributed by atoms with Gasteiger partial charge in [-0.3, -0.25) is 0 Å². The summed E-state index contributed by atoms with van der Waals surface area (Å²) >= 11 is 0. The van der Waals surface area contributed by atoms with Crippen LogP contribution < -0.4 is 42.0 Å². The number of hydrogen-bond acceptors (Lipinski definition) is 3. The van der Waals surface area contributed by atoms with Crippen molar-refractivity contribution in [3.8, 4) is 0 Å². The van der Waals surface area contributed by atoms with Crippen LogP contribution in [-0.4, -0.2) is 36.0 Å². The van der Waals surface area contributed by atoms with Gasteiger partial charge in [0.1, 0.15) is 10.1 Å². The molecule has 0 aliphatic carbocycles. The minimum absolute atomic E-state index is 0. The van der Waals surface area contributed by atoms with Gasteiger partial charge in [0.2, 0.25) is 0 Å². The van der Waals surface area contributed by atoms with Crippen molar-refractivity contribution in [3.63, 3.8) is 0 Å². The van der Waals surface area contributed by atoms with E-state index in [9.17, 15) is 13.0 Å². The number of hydrogen-bond donors (Lipinski definition) is 0. The summed E-state index contributed by atoms with van der Waals surface area (Å²) in [6.07, 6.45) is 0. The summed E-state index contributed by atoms with van der Waals surface area (Å²) in [5.41, 5.74) is 0.928. The fourth-order valence-electron chi connectivity index (χ4n) is 0.705. The van der Waals surface area contributed by atoms with Gasteiger partial charge in [-0.15, -0.1) is 0 Å². The van der Waals surface area contributed by atoms with Gasteiger partial charge in [0.25, 0.3) is 0 Å². The van der Waals surface area contributed by atoms with Gasteiger partial charge in [0.05, 0.1) is 4.90 Å². The maximum atomic E-state index is 10.4. The van der Waals surface area contributed by atoms with Crippen molar-refractivity contribution < 1.29 is 54.9 Å². The van der Waals surface area contributed by atoms with Gasteiger partial charge in [-0.05, 0) is 19.1 Å². The standard InChI is InChI=1S/C7H8O3S.ClH.Mg.Na/c1-6-2-4-7(5-3-6)11(8,9)10;;;/h2-5H,1H3,(H,8,9,10);1H;;/q;;+2;+1/p-2. The third kappa shape index (κ3) is 6.63. The third-order valence-electron chi connectivity index (χ3n) is 1.31. The summed E-state index contributed by atoms with van der Waals surface area (Å²) in [6.45, 7) is 1.82. The van der Waals surface area contributed by atoms with E-state index >= 15 is 0 Å². The van der Waals surface area contributed by atoms with E-state index in [4.69, 9.17) is 0 Å².